The normalized spacial score (nSPS) is 18.0. The average molecular weight is 431 g/mol. The molecule has 0 spiro atoms. The number of rotatable bonds is 6. The molecule has 1 saturated heterocycles. The van der Waals surface area contributed by atoms with E-state index in [4.69, 9.17) is 0 Å². The van der Waals surface area contributed by atoms with Gasteiger partial charge in [0.2, 0.25) is 15.9 Å². The molecule has 1 N–H and O–H groups in total. The molecule has 2 aliphatic rings. The fraction of sp³-hybridized carbons (Fsp3) is 0.545. The summed E-state index contributed by atoms with van der Waals surface area (Å²) < 4.78 is 29.5. The van der Waals surface area contributed by atoms with Crippen molar-refractivity contribution in [1.82, 2.24) is 14.1 Å². The number of aryl methyl sites for hydroxylation is 2. The highest BCUT2D eigenvalue weighted by Crippen LogP contribution is 2.29. The van der Waals surface area contributed by atoms with Gasteiger partial charge in [0.15, 0.2) is 0 Å². The Kier molecular flexibility index (Phi) is 5.97. The Hall–Kier alpha value is -2.19. The number of hydrogen-bond donors (Lipinski definition) is 1. The number of carbonyl (C=O) groups is 1. The van der Waals surface area contributed by atoms with Gasteiger partial charge in [-0.3, -0.25) is 4.79 Å². The molecule has 8 heteroatoms. The molecule has 162 valence electrons. The number of fused-ring (bicyclic) bond motifs is 1. The highest BCUT2D eigenvalue weighted by molar-refractivity contribution is 7.89. The molecule has 1 aliphatic heterocycles. The maximum atomic E-state index is 13.1. The summed E-state index contributed by atoms with van der Waals surface area (Å²) in [4.78, 5) is 13.1. The quantitative estimate of drug-likeness (QED) is 0.763. The second-order valence-electron chi connectivity index (χ2n) is 8.74. The number of aromatic nitrogens is 2. The first-order valence-corrected chi connectivity index (χ1v) is 12.2. The van der Waals surface area contributed by atoms with Crippen LogP contribution in [0.4, 0.5) is 5.82 Å². The minimum Gasteiger partial charge on any atom is -0.311 e. The number of nitrogens with one attached hydrogen (secondary N) is 1. The Labute approximate surface area is 178 Å². The van der Waals surface area contributed by atoms with Gasteiger partial charge in [0.1, 0.15) is 5.82 Å². The van der Waals surface area contributed by atoms with Gasteiger partial charge >= 0.3 is 0 Å². The van der Waals surface area contributed by atoms with Crippen molar-refractivity contribution < 1.29 is 13.2 Å². The van der Waals surface area contributed by atoms with E-state index in [9.17, 15) is 13.2 Å². The van der Waals surface area contributed by atoms with Crippen LogP contribution in [0.2, 0.25) is 0 Å². The van der Waals surface area contributed by atoms with Gasteiger partial charge in [0.25, 0.3) is 0 Å². The van der Waals surface area contributed by atoms with Crippen molar-refractivity contribution in [2.75, 3.05) is 18.4 Å². The van der Waals surface area contributed by atoms with E-state index in [1.165, 1.54) is 9.87 Å². The van der Waals surface area contributed by atoms with Crippen molar-refractivity contribution in [3.63, 3.8) is 0 Å². The molecule has 1 aromatic heterocycles. The third kappa shape index (κ3) is 4.30. The number of hydrogen-bond acceptors (Lipinski definition) is 4. The zero-order valence-corrected chi connectivity index (χ0v) is 18.5. The van der Waals surface area contributed by atoms with Gasteiger partial charge in [-0.1, -0.05) is 19.9 Å². The summed E-state index contributed by atoms with van der Waals surface area (Å²) in [6.07, 6.45) is 5.81. The summed E-state index contributed by atoms with van der Waals surface area (Å²) >= 11 is 0. The van der Waals surface area contributed by atoms with Crippen LogP contribution in [0.1, 0.15) is 44.2 Å². The summed E-state index contributed by atoms with van der Waals surface area (Å²) in [6.45, 7) is 5.67. The number of nitrogens with zero attached hydrogens (tertiary/aromatic N) is 3. The Balaban J connectivity index is 1.37. The fourth-order valence-corrected chi connectivity index (χ4v) is 5.90. The molecule has 0 unspecified atom stereocenters. The molecule has 7 nitrogen and oxygen atoms in total. The maximum absolute atomic E-state index is 13.1. The minimum absolute atomic E-state index is 0.0601. The third-order valence-corrected chi connectivity index (χ3v) is 7.93. The molecule has 1 fully saturated rings. The molecule has 2 heterocycles. The first kappa shape index (κ1) is 21.1. The van der Waals surface area contributed by atoms with Crippen molar-refractivity contribution in [3.8, 4) is 0 Å². The van der Waals surface area contributed by atoms with Gasteiger partial charge < -0.3 is 5.32 Å². The van der Waals surface area contributed by atoms with Crippen LogP contribution in [0.5, 0.6) is 0 Å². The van der Waals surface area contributed by atoms with Gasteiger partial charge in [0.05, 0.1) is 11.1 Å². The number of amides is 1. The van der Waals surface area contributed by atoms with E-state index in [2.05, 4.69) is 24.3 Å². The van der Waals surface area contributed by atoms with Gasteiger partial charge in [-0.25, -0.2) is 13.1 Å². The molecule has 0 bridgehead atoms. The Bertz CT molecular complexity index is 1020. The van der Waals surface area contributed by atoms with E-state index in [-0.39, 0.29) is 11.8 Å². The van der Waals surface area contributed by atoms with E-state index < -0.39 is 10.0 Å². The predicted octanol–water partition coefficient (Wildman–Crippen LogP) is 3.07. The lowest BCUT2D eigenvalue weighted by molar-refractivity contribution is -0.121. The average Bonchev–Trinajstić information content (AvgIpc) is 3.36. The molecule has 1 aromatic carbocycles. The van der Waals surface area contributed by atoms with E-state index in [1.807, 2.05) is 12.1 Å². The van der Waals surface area contributed by atoms with Crippen LogP contribution in [-0.4, -0.2) is 41.5 Å². The third-order valence-electron chi connectivity index (χ3n) is 6.04. The largest absolute Gasteiger partial charge is 0.311 e. The first-order chi connectivity index (χ1) is 14.3. The SMILES string of the molecule is CC(C)Cn1nccc1NC(=O)C1CCN(S(=O)(=O)c2ccc3c(c2)CCC3)CC1. The predicted molar refractivity (Wildman–Crippen MR) is 116 cm³/mol. The molecule has 2 aromatic rings. The van der Waals surface area contributed by atoms with Gasteiger partial charge in [-0.15, -0.1) is 0 Å². The van der Waals surface area contributed by atoms with Crippen LogP contribution in [0.25, 0.3) is 0 Å². The smallest absolute Gasteiger partial charge is 0.243 e. The van der Waals surface area contributed by atoms with Crippen LogP contribution in [0.15, 0.2) is 35.4 Å². The first-order valence-electron chi connectivity index (χ1n) is 10.8. The molecule has 0 atom stereocenters. The van der Waals surface area contributed by atoms with Crippen LogP contribution in [-0.2, 0) is 34.2 Å². The van der Waals surface area contributed by atoms with E-state index >= 15 is 0 Å². The van der Waals surface area contributed by atoms with Crippen molar-refractivity contribution >= 4 is 21.7 Å². The number of carbonyl (C=O) groups excluding carboxylic acids is 1. The Morgan fingerprint density at radius 2 is 1.90 bits per heavy atom. The van der Waals surface area contributed by atoms with Gasteiger partial charge in [-0.2, -0.15) is 9.40 Å². The van der Waals surface area contributed by atoms with E-state index in [1.54, 1.807) is 23.0 Å². The van der Waals surface area contributed by atoms with Gasteiger partial charge in [-0.05, 0) is 61.3 Å². The second kappa shape index (κ2) is 8.51. The lowest BCUT2D eigenvalue weighted by Crippen LogP contribution is -2.41. The summed E-state index contributed by atoms with van der Waals surface area (Å²) in [6, 6.07) is 7.32. The summed E-state index contributed by atoms with van der Waals surface area (Å²) in [7, 11) is -3.52. The zero-order valence-electron chi connectivity index (χ0n) is 17.7. The van der Waals surface area contributed by atoms with Crippen LogP contribution in [0.3, 0.4) is 0 Å². The summed E-state index contributed by atoms with van der Waals surface area (Å²) in [5, 5.41) is 7.24. The Morgan fingerprint density at radius 1 is 1.17 bits per heavy atom. The Morgan fingerprint density at radius 3 is 2.63 bits per heavy atom. The number of piperidine rings is 1. The van der Waals surface area contributed by atoms with Crippen LogP contribution >= 0.6 is 0 Å². The lowest BCUT2D eigenvalue weighted by Gasteiger charge is -2.30. The molecule has 1 amide bonds. The van der Waals surface area contributed by atoms with Crippen LogP contribution in [0, 0.1) is 11.8 Å². The number of sulfonamides is 1. The summed E-state index contributed by atoms with van der Waals surface area (Å²) in [5.74, 6) is 0.865. The maximum Gasteiger partial charge on any atom is 0.243 e. The van der Waals surface area contributed by atoms with Crippen molar-refractivity contribution in [2.24, 2.45) is 11.8 Å². The fourth-order valence-electron chi connectivity index (χ4n) is 4.37. The number of anilines is 1. The van der Waals surface area contributed by atoms with Crippen molar-refractivity contribution in [2.45, 2.75) is 57.4 Å². The molecule has 1 aliphatic carbocycles. The van der Waals surface area contributed by atoms with Crippen molar-refractivity contribution in [3.05, 3.63) is 41.6 Å². The topological polar surface area (TPSA) is 84.3 Å². The molecule has 0 saturated carbocycles. The molecular formula is C22H30N4O3S. The second-order valence-corrected chi connectivity index (χ2v) is 10.7. The molecule has 0 radical (unpaired) electrons. The molecule has 30 heavy (non-hydrogen) atoms. The minimum atomic E-state index is -3.52. The summed E-state index contributed by atoms with van der Waals surface area (Å²) in [5.41, 5.74) is 2.42. The standard InChI is InChI=1S/C22H30N4O3S/c1-16(2)15-26-21(8-11-23-26)24-22(27)18-9-12-25(13-10-18)30(28,29)20-7-6-17-4-3-5-19(17)14-20/h6-8,11,14,16,18H,3-5,9-10,12-13,15H2,1-2H3,(H,24,27). The molecular weight excluding hydrogens is 400 g/mol. The van der Waals surface area contributed by atoms with Crippen LogP contribution < -0.4 is 5.32 Å². The highest BCUT2D eigenvalue weighted by Gasteiger charge is 2.33. The molecule has 4 rings (SSSR count). The van der Waals surface area contributed by atoms with Crippen molar-refractivity contribution in [1.29, 1.82) is 0 Å². The van der Waals surface area contributed by atoms with Gasteiger partial charge in [0, 0.05) is 31.6 Å². The van der Waals surface area contributed by atoms with E-state index in [0.717, 1.165) is 31.4 Å². The zero-order chi connectivity index (χ0) is 21.3. The van der Waals surface area contributed by atoms with E-state index in [0.29, 0.717) is 42.6 Å². The monoisotopic (exact) mass is 430 g/mol. The lowest BCUT2D eigenvalue weighted by atomic mass is 9.97. The highest BCUT2D eigenvalue weighted by atomic mass is 32.2. The number of benzene rings is 1.